The third-order valence-corrected chi connectivity index (χ3v) is 1.00. The van der Waals surface area contributed by atoms with Crippen LogP contribution in [0.25, 0.3) is 0 Å². The lowest BCUT2D eigenvalue weighted by molar-refractivity contribution is 0.157. The van der Waals surface area contributed by atoms with Crippen molar-refractivity contribution in [3.8, 4) is 12.3 Å². The van der Waals surface area contributed by atoms with Crippen LogP contribution in [0.3, 0.4) is 0 Å². The standard InChI is InChI=1S/C8H13O/c1-3-5-6-7-8-9-4-2/h1H,2,4-8H2. The first-order valence-electron chi connectivity index (χ1n) is 3.22. The highest BCUT2D eigenvalue weighted by molar-refractivity contribution is 4.82. The molecule has 0 aromatic carbocycles. The van der Waals surface area contributed by atoms with E-state index in [1.165, 1.54) is 0 Å². The molecule has 0 saturated carbocycles. The predicted octanol–water partition coefficient (Wildman–Crippen LogP) is 1.64. The second-order valence-electron chi connectivity index (χ2n) is 1.77. The van der Waals surface area contributed by atoms with E-state index in [0.717, 1.165) is 25.9 Å². The van der Waals surface area contributed by atoms with E-state index >= 15 is 0 Å². The summed E-state index contributed by atoms with van der Waals surface area (Å²) in [7, 11) is 0. The van der Waals surface area contributed by atoms with E-state index in [1.807, 2.05) is 0 Å². The molecule has 0 spiro atoms. The molecular weight excluding hydrogens is 112 g/mol. The fourth-order valence-corrected chi connectivity index (χ4v) is 0.533. The van der Waals surface area contributed by atoms with Gasteiger partial charge in [-0.15, -0.1) is 12.3 Å². The van der Waals surface area contributed by atoms with Gasteiger partial charge in [0.15, 0.2) is 0 Å². The Morgan fingerprint density at radius 1 is 1.44 bits per heavy atom. The van der Waals surface area contributed by atoms with E-state index in [0.29, 0.717) is 6.61 Å². The molecule has 0 unspecified atom stereocenters. The Bertz CT molecular complexity index is 81.1. The number of ether oxygens (including phenoxy) is 1. The van der Waals surface area contributed by atoms with Crippen LogP contribution in [-0.2, 0) is 4.74 Å². The zero-order valence-electron chi connectivity index (χ0n) is 5.73. The number of unbranched alkanes of at least 4 members (excludes halogenated alkanes) is 2. The molecule has 0 rings (SSSR count). The van der Waals surface area contributed by atoms with E-state index in [1.54, 1.807) is 0 Å². The smallest absolute Gasteiger partial charge is 0.0466 e. The average molecular weight is 125 g/mol. The average Bonchev–Trinajstić information content (AvgIpc) is 1.89. The minimum Gasteiger partial charge on any atom is -0.381 e. The van der Waals surface area contributed by atoms with Gasteiger partial charge >= 0.3 is 0 Å². The van der Waals surface area contributed by atoms with Gasteiger partial charge in [-0.3, -0.25) is 0 Å². The molecule has 9 heavy (non-hydrogen) atoms. The zero-order valence-corrected chi connectivity index (χ0v) is 5.73. The van der Waals surface area contributed by atoms with Crippen LogP contribution in [0, 0.1) is 19.3 Å². The van der Waals surface area contributed by atoms with Gasteiger partial charge in [-0.05, 0) is 19.8 Å². The maximum atomic E-state index is 5.04. The molecule has 51 valence electrons. The van der Waals surface area contributed by atoms with Gasteiger partial charge in [-0.2, -0.15) is 0 Å². The van der Waals surface area contributed by atoms with Crippen LogP contribution in [-0.4, -0.2) is 13.2 Å². The quantitative estimate of drug-likeness (QED) is 0.401. The Kier molecular flexibility index (Phi) is 7.12. The Morgan fingerprint density at radius 2 is 2.22 bits per heavy atom. The molecule has 1 radical (unpaired) electrons. The molecule has 0 bridgehead atoms. The van der Waals surface area contributed by atoms with Gasteiger partial charge in [-0.25, -0.2) is 0 Å². The Labute approximate surface area is 57.4 Å². The molecule has 0 heterocycles. The third-order valence-electron chi connectivity index (χ3n) is 1.00. The molecule has 0 aromatic heterocycles. The largest absolute Gasteiger partial charge is 0.381 e. The summed E-state index contributed by atoms with van der Waals surface area (Å²) in [6, 6.07) is 0. The molecule has 0 aliphatic heterocycles. The van der Waals surface area contributed by atoms with Crippen molar-refractivity contribution in [1.82, 2.24) is 0 Å². The van der Waals surface area contributed by atoms with Crippen molar-refractivity contribution < 1.29 is 4.74 Å². The van der Waals surface area contributed by atoms with Gasteiger partial charge in [-0.1, -0.05) is 0 Å². The lowest BCUT2D eigenvalue weighted by Crippen LogP contribution is -1.92. The first-order valence-corrected chi connectivity index (χ1v) is 3.22. The van der Waals surface area contributed by atoms with Crippen molar-refractivity contribution in [2.45, 2.75) is 19.3 Å². The molecule has 0 aromatic rings. The van der Waals surface area contributed by atoms with Gasteiger partial charge in [0, 0.05) is 19.6 Å². The number of hydrogen-bond acceptors (Lipinski definition) is 1. The van der Waals surface area contributed by atoms with Crippen LogP contribution in [0.15, 0.2) is 0 Å². The molecule has 0 N–H and O–H groups in total. The molecule has 0 fully saturated rings. The summed E-state index contributed by atoms with van der Waals surface area (Å²) < 4.78 is 5.00. The number of terminal acetylenes is 1. The predicted molar refractivity (Wildman–Crippen MR) is 38.9 cm³/mol. The van der Waals surface area contributed by atoms with Crippen LogP contribution in [0.5, 0.6) is 0 Å². The normalized spacial score (nSPS) is 8.89. The second kappa shape index (κ2) is 7.52. The fraction of sp³-hybridized carbons (Fsp3) is 0.625. The van der Waals surface area contributed by atoms with E-state index in [4.69, 9.17) is 11.2 Å². The highest BCUT2D eigenvalue weighted by atomic mass is 16.5. The lowest BCUT2D eigenvalue weighted by atomic mass is 10.2. The Hall–Kier alpha value is -0.480. The van der Waals surface area contributed by atoms with Gasteiger partial charge in [0.1, 0.15) is 0 Å². The Morgan fingerprint density at radius 3 is 2.78 bits per heavy atom. The molecule has 0 aliphatic carbocycles. The summed E-state index contributed by atoms with van der Waals surface area (Å²) in [6.07, 6.45) is 8.02. The SMILES string of the molecule is C#CCCCCOC[CH2]. The minimum absolute atomic E-state index is 0.566. The van der Waals surface area contributed by atoms with Crippen LogP contribution < -0.4 is 0 Å². The van der Waals surface area contributed by atoms with Gasteiger partial charge in [0.25, 0.3) is 0 Å². The molecule has 0 amide bonds. The number of hydrogen-bond donors (Lipinski definition) is 0. The molecule has 1 heteroatoms. The summed E-state index contributed by atoms with van der Waals surface area (Å²) in [5.41, 5.74) is 0. The third kappa shape index (κ3) is 7.52. The maximum absolute atomic E-state index is 5.04. The maximum Gasteiger partial charge on any atom is 0.0466 e. The molecule has 0 aliphatic rings. The van der Waals surface area contributed by atoms with Crippen molar-refractivity contribution in [2.75, 3.05) is 13.2 Å². The van der Waals surface area contributed by atoms with E-state index in [2.05, 4.69) is 12.8 Å². The summed E-state index contributed by atoms with van der Waals surface area (Å²) >= 11 is 0. The summed E-state index contributed by atoms with van der Waals surface area (Å²) in [6.45, 7) is 4.90. The highest BCUT2D eigenvalue weighted by Gasteiger charge is 1.84. The summed E-state index contributed by atoms with van der Waals surface area (Å²) in [4.78, 5) is 0. The van der Waals surface area contributed by atoms with Gasteiger partial charge in [0.2, 0.25) is 0 Å². The fourth-order valence-electron chi connectivity index (χ4n) is 0.533. The highest BCUT2D eigenvalue weighted by Crippen LogP contribution is 1.93. The van der Waals surface area contributed by atoms with Crippen molar-refractivity contribution in [3.05, 3.63) is 6.92 Å². The van der Waals surface area contributed by atoms with Crippen molar-refractivity contribution in [1.29, 1.82) is 0 Å². The molecular formula is C8H13O. The second-order valence-corrected chi connectivity index (χ2v) is 1.77. The van der Waals surface area contributed by atoms with Gasteiger partial charge < -0.3 is 4.74 Å². The van der Waals surface area contributed by atoms with E-state index in [-0.39, 0.29) is 0 Å². The van der Waals surface area contributed by atoms with Crippen molar-refractivity contribution >= 4 is 0 Å². The topological polar surface area (TPSA) is 9.23 Å². The summed E-state index contributed by atoms with van der Waals surface area (Å²) in [5.74, 6) is 2.57. The summed E-state index contributed by atoms with van der Waals surface area (Å²) in [5, 5.41) is 0. The van der Waals surface area contributed by atoms with Crippen LogP contribution in [0.2, 0.25) is 0 Å². The van der Waals surface area contributed by atoms with Crippen LogP contribution in [0.4, 0.5) is 0 Å². The van der Waals surface area contributed by atoms with Gasteiger partial charge in [0.05, 0.1) is 0 Å². The minimum atomic E-state index is 0.566. The Balaban J connectivity index is 2.69. The van der Waals surface area contributed by atoms with Crippen LogP contribution >= 0.6 is 0 Å². The molecule has 0 atom stereocenters. The van der Waals surface area contributed by atoms with E-state index < -0.39 is 0 Å². The molecule has 1 nitrogen and oxygen atoms in total. The van der Waals surface area contributed by atoms with Crippen molar-refractivity contribution in [3.63, 3.8) is 0 Å². The van der Waals surface area contributed by atoms with Crippen LogP contribution in [0.1, 0.15) is 19.3 Å². The van der Waals surface area contributed by atoms with Crippen molar-refractivity contribution in [2.24, 2.45) is 0 Å². The zero-order chi connectivity index (χ0) is 6.95. The first kappa shape index (κ1) is 8.52. The monoisotopic (exact) mass is 125 g/mol. The lowest BCUT2D eigenvalue weighted by Gasteiger charge is -1.96. The molecule has 0 saturated heterocycles. The van der Waals surface area contributed by atoms with E-state index in [9.17, 15) is 0 Å². The first-order chi connectivity index (χ1) is 4.41. The number of rotatable bonds is 5.